The number of nitrogens with one attached hydrogen (secondary N) is 1. The molecule has 1 saturated heterocycles. The molecule has 3 nitrogen and oxygen atoms in total. The highest BCUT2D eigenvalue weighted by atomic mass is 16.2. The van der Waals surface area contributed by atoms with E-state index >= 15 is 0 Å². The number of carbonyl (C=O) groups is 1. The first kappa shape index (κ1) is 8.27. The van der Waals surface area contributed by atoms with E-state index in [0.29, 0.717) is 0 Å². The molecule has 0 aromatic heterocycles. The van der Waals surface area contributed by atoms with Gasteiger partial charge in [0.2, 0.25) is 0 Å². The molecule has 0 spiro atoms. The van der Waals surface area contributed by atoms with Crippen molar-refractivity contribution in [1.82, 2.24) is 10.4 Å². The van der Waals surface area contributed by atoms with Crippen molar-refractivity contribution < 1.29 is 4.79 Å². The zero-order valence-corrected chi connectivity index (χ0v) is 6.68. The van der Waals surface area contributed by atoms with Gasteiger partial charge in [-0.05, 0) is 18.9 Å². The number of nitrogens with zero attached hydrogens (tertiary/aromatic N) is 1. The number of rotatable bonds is 2. The highest BCUT2D eigenvalue weighted by Gasteiger charge is 2.10. The van der Waals surface area contributed by atoms with Gasteiger partial charge in [0.05, 0.1) is 0 Å². The molecule has 3 heteroatoms. The summed E-state index contributed by atoms with van der Waals surface area (Å²) in [6.07, 6.45) is 4.93. The van der Waals surface area contributed by atoms with Gasteiger partial charge in [-0.3, -0.25) is 10.2 Å². The van der Waals surface area contributed by atoms with E-state index in [1.165, 1.54) is 25.3 Å². The maximum Gasteiger partial charge on any atom is 0.257 e. The highest BCUT2D eigenvalue weighted by molar-refractivity contribution is 5.86. The van der Waals surface area contributed by atoms with Crippen molar-refractivity contribution >= 4 is 5.91 Å². The van der Waals surface area contributed by atoms with Gasteiger partial charge in [-0.15, -0.1) is 0 Å². The van der Waals surface area contributed by atoms with Crippen LogP contribution < -0.4 is 5.43 Å². The number of hydrazine groups is 1. The Labute approximate surface area is 67.0 Å². The van der Waals surface area contributed by atoms with E-state index in [4.69, 9.17) is 0 Å². The fourth-order valence-corrected chi connectivity index (χ4v) is 1.21. The van der Waals surface area contributed by atoms with Gasteiger partial charge in [-0.1, -0.05) is 13.0 Å². The predicted octanol–water partition coefficient (Wildman–Crippen LogP) is 0.689. The van der Waals surface area contributed by atoms with Crippen LogP contribution in [0.5, 0.6) is 0 Å². The van der Waals surface area contributed by atoms with E-state index in [-0.39, 0.29) is 5.91 Å². The normalized spacial score (nSPS) is 19.3. The summed E-state index contributed by atoms with van der Waals surface area (Å²) in [7, 11) is 0. The van der Waals surface area contributed by atoms with Crippen LogP contribution in [0.2, 0.25) is 0 Å². The van der Waals surface area contributed by atoms with Gasteiger partial charge in [0.15, 0.2) is 0 Å². The Hall–Kier alpha value is -0.830. The van der Waals surface area contributed by atoms with Crippen LogP contribution in [-0.4, -0.2) is 24.0 Å². The molecule has 1 rings (SSSR count). The van der Waals surface area contributed by atoms with E-state index in [2.05, 4.69) is 12.0 Å². The Morgan fingerprint density at radius 2 is 2.00 bits per heavy atom. The fourth-order valence-electron chi connectivity index (χ4n) is 1.21. The summed E-state index contributed by atoms with van der Waals surface area (Å²) in [5.41, 5.74) is 2.74. The van der Waals surface area contributed by atoms with Crippen LogP contribution in [-0.2, 0) is 4.79 Å². The van der Waals surface area contributed by atoms with Gasteiger partial charge in [0.1, 0.15) is 0 Å². The molecule has 1 aliphatic rings. The first-order valence-electron chi connectivity index (χ1n) is 4.01. The maximum atomic E-state index is 10.8. The third-order valence-electron chi connectivity index (χ3n) is 1.81. The molecule has 0 saturated carbocycles. The van der Waals surface area contributed by atoms with E-state index in [1.807, 2.05) is 5.01 Å². The average molecular weight is 154 g/mol. The summed E-state index contributed by atoms with van der Waals surface area (Å²) in [6, 6.07) is 0. The average Bonchev–Trinajstić information content (AvgIpc) is 2.06. The van der Waals surface area contributed by atoms with Crippen molar-refractivity contribution in [3.05, 3.63) is 12.7 Å². The topological polar surface area (TPSA) is 32.3 Å². The lowest BCUT2D eigenvalue weighted by Gasteiger charge is -2.26. The van der Waals surface area contributed by atoms with Crippen molar-refractivity contribution in [2.24, 2.45) is 0 Å². The first-order valence-corrected chi connectivity index (χ1v) is 4.01. The molecule has 0 unspecified atom stereocenters. The second kappa shape index (κ2) is 4.13. The van der Waals surface area contributed by atoms with E-state index in [1.54, 1.807) is 0 Å². The van der Waals surface area contributed by atoms with Crippen LogP contribution in [0.15, 0.2) is 12.7 Å². The molecule has 1 aliphatic heterocycles. The number of carbonyl (C=O) groups excluding carboxylic acids is 1. The molecule has 62 valence electrons. The van der Waals surface area contributed by atoms with Crippen LogP contribution in [0.1, 0.15) is 19.3 Å². The number of hydrogen-bond acceptors (Lipinski definition) is 2. The highest BCUT2D eigenvalue weighted by Crippen LogP contribution is 2.05. The van der Waals surface area contributed by atoms with Crippen molar-refractivity contribution in [3.63, 3.8) is 0 Å². The molecule has 0 bridgehead atoms. The summed E-state index contributed by atoms with van der Waals surface area (Å²) in [5.74, 6) is -0.105. The van der Waals surface area contributed by atoms with Gasteiger partial charge in [-0.2, -0.15) is 0 Å². The molecule has 1 amide bonds. The Balaban J connectivity index is 2.24. The maximum absolute atomic E-state index is 10.8. The van der Waals surface area contributed by atoms with Crippen LogP contribution in [0.4, 0.5) is 0 Å². The Kier molecular flexibility index (Phi) is 3.11. The lowest BCUT2D eigenvalue weighted by molar-refractivity contribution is -0.121. The summed E-state index contributed by atoms with van der Waals surface area (Å²) >= 11 is 0. The molecule has 1 N–H and O–H groups in total. The zero-order chi connectivity index (χ0) is 8.10. The van der Waals surface area contributed by atoms with E-state index in [0.717, 1.165) is 13.1 Å². The summed E-state index contributed by atoms with van der Waals surface area (Å²) in [6.45, 7) is 5.33. The van der Waals surface area contributed by atoms with Crippen molar-refractivity contribution in [1.29, 1.82) is 0 Å². The van der Waals surface area contributed by atoms with E-state index < -0.39 is 0 Å². The number of amides is 1. The quantitative estimate of drug-likeness (QED) is 0.593. The summed E-state index contributed by atoms with van der Waals surface area (Å²) in [5, 5.41) is 1.95. The monoisotopic (exact) mass is 154 g/mol. The minimum absolute atomic E-state index is 0.105. The molecule has 0 aromatic rings. The van der Waals surface area contributed by atoms with Gasteiger partial charge >= 0.3 is 0 Å². The van der Waals surface area contributed by atoms with Gasteiger partial charge in [0, 0.05) is 13.1 Å². The smallest absolute Gasteiger partial charge is 0.257 e. The number of piperidine rings is 1. The van der Waals surface area contributed by atoms with Crippen LogP contribution >= 0.6 is 0 Å². The lowest BCUT2D eigenvalue weighted by Crippen LogP contribution is -2.44. The minimum atomic E-state index is -0.105. The first-order chi connectivity index (χ1) is 5.33. The molecule has 0 atom stereocenters. The lowest BCUT2D eigenvalue weighted by atomic mass is 10.2. The molecule has 1 heterocycles. The van der Waals surface area contributed by atoms with Gasteiger partial charge < -0.3 is 0 Å². The molecule has 1 fully saturated rings. The third-order valence-corrected chi connectivity index (χ3v) is 1.81. The Morgan fingerprint density at radius 1 is 1.36 bits per heavy atom. The van der Waals surface area contributed by atoms with Crippen molar-refractivity contribution in [3.8, 4) is 0 Å². The zero-order valence-electron chi connectivity index (χ0n) is 6.68. The van der Waals surface area contributed by atoms with Crippen LogP contribution in [0.3, 0.4) is 0 Å². The standard InChI is InChI=1S/C8H14N2O/c1-2-8(11)9-10-6-4-3-5-7-10/h2H,1,3-7H2,(H,9,11). The second-order valence-electron chi connectivity index (χ2n) is 2.73. The molecule has 0 aromatic carbocycles. The third kappa shape index (κ3) is 2.72. The SMILES string of the molecule is C=CC(=O)NN1CCCCC1. The molecule has 0 aliphatic carbocycles. The van der Waals surface area contributed by atoms with Crippen molar-refractivity contribution in [2.75, 3.05) is 13.1 Å². The van der Waals surface area contributed by atoms with Crippen LogP contribution in [0.25, 0.3) is 0 Å². The molecule has 11 heavy (non-hydrogen) atoms. The van der Waals surface area contributed by atoms with E-state index in [9.17, 15) is 4.79 Å². The minimum Gasteiger partial charge on any atom is -0.285 e. The number of hydrogen-bond donors (Lipinski definition) is 1. The molecule has 0 radical (unpaired) electrons. The van der Waals surface area contributed by atoms with Crippen molar-refractivity contribution in [2.45, 2.75) is 19.3 Å². The van der Waals surface area contributed by atoms with Gasteiger partial charge in [0.25, 0.3) is 5.91 Å². The van der Waals surface area contributed by atoms with Crippen LogP contribution in [0, 0.1) is 0 Å². The summed E-state index contributed by atoms with van der Waals surface area (Å²) in [4.78, 5) is 10.8. The second-order valence-corrected chi connectivity index (χ2v) is 2.73. The Bertz CT molecular complexity index is 150. The Morgan fingerprint density at radius 3 is 2.55 bits per heavy atom. The summed E-state index contributed by atoms with van der Waals surface area (Å²) < 4.78 is 0. The predicted molar refractivity (Wildman–Crippen MR) is 43.8 cm³/mol. The largest absolute Gasteiger partial charge is 0.285 e. The molecular formula is C8H14N2O. The fraction of sp³-hybridized carbons (Fsp3) is 0.625. The van der Waals surface area contributed by atoms with Gasteiger partial charge in [-0.25, -0.2) is 5.01 Å². The molecular weight excluding hydrogens is 140 g/mol.